The third-order valence-corrected chi connectivity index (χ3v) is 4.75. The van der Waals surface area contributed by atoms with Crippen LogP contribution in [0.5, 0.6) is 0 Å². The Kier molecular flexibility index (Phi) is 7.02. The lowest BCUT2D eigenvalue weighted by atomic mass is 10.0. The topological polar surface area (TPSA) is 23.6 Å². The Balaban J connectivity index is 2.15. The minimum Gasteiger partial charge on any atom is -0.372 e. The average Bonchev–Trinajstić information content (AvgIpc) is 2.67. The van der Waals surface area contributed by atoms with E-state index in [-0.39, 0.29) is 5.78 Å². The van der Waals surface area contributed by atoms with Gasteiger partial charge in [0.05, 0.1) is 6.54 Å². The zero-order valence-electron chi connectivity index (χ0n) is 16.5. The van der Waals surface area contributed by atoms with Crippen LogP contribution in [-0.2, 0) is 4.79 Å². The van der Waals surface area contributed by atoms with Crippen molar-refractivity contribution in [1.29, 1.82) is 0 Å². The van der Waals surface area contributed by atoms with Crippen molar-refractivity contribution in [2.24, 2.45) is 0 Å². The molecule has 2 aromatic carbocycles. The highest BCUT2D eigenvalue weighted by atomic mass is 16.1. The number of benzene rings is 2. The Hall–Kier alpha value is -2.55. The number of rotatable bonds is 9. The maximum atomic E-state index is 12.0. The van der Waals surface area contributed by atoms with Crippen LogP contribution in [0.25, 0.3) is 11.1 Å². The molecule has 0 bridgehead atoms. The molecule has 0 aromatic heterocycles. The lowest BCUT2D eigenvalue weighted by molar-refractivity contribution is -0.114. The van der Waals surface area contributed by atoms with Crippen molar-refractivity contribution < 1.29 is 4.79 Å². The summed E-state index contributed by atoms with van der Waals surface area (Å²) in [4.78, 5) is 16.4. The van der Waals surface area contributed by atoms with Crippen molar-refractivity contribution in [1.82, 2.24) is 0 Å². The van der Waals surface area contributed by atoms with E-state index in [0.29, 0.717) is 12.1 Å². The second kappa shape index (κ2) is 9.23. The molecule has 0 aliphatic heterocycles. The van der Waals surface area contributed by atoms with Gasteiger partial charge in [0.25, 0.3) is 0 Å². The highest BCUT2D eigenvalue weighted by Gasteiger charge is 2.11. The molecular weight excluding hydrogens is 320 g/mol. The summed E-state index contributed by atoms with van der Waals surface area (Å²) < 4.78 is 0. The van der Waals surface area contributed by atoms with Gasteiger partial charge in [-0.3, -0.25) is 4.79 Å². The van der Waals surface area contributed by atoms with Crippen molar-refractivity contribution in [3.05, 3.63) is 60.7 Å². The number of anilines is 2. The zero-order valence-corrected chi connectivity index (χ0v) is 16.5. The molecule has 0 aliphatic rings. The highest BCUT2D eigenvalue weighted by molar-refractivity contribution is 5.97. The number of likely N-dealkylation sites (N-methyl/N-ethyl adjacent to an activating group) is 1. The van der Waals surface area contributed by atoms with Crippen molar-refractivity contribution in [3.8, 4) is 11.1 Å². The molecule has 2 aromatic rings. The molecule has 3 nitrogen and oxygen atoms in total. The van der Waals surface area contributed by atoms with Gasteiger partial charge in [-0.2, -0.15) is 0 Å². The molecule has 0 unspecified atom stereocenters. The summed E-state index contributed by atoms with van der Waals surface area (Å²) in [7, 11) is 0. The Morgan fingerprint density at radius 3 is 1.50 bits per heavy atom. The van der Waals surface area contributed by atoms with E-state index in [9.17, 15) is 4.79 Å². The standard InChI is InChI=1S/C23H30N2O/c1-6-24(7-2)21-13-9-19(10-14-21)20-11-15-22(16-12-20)25(8-3)17-23(26)18(4)5/h9-16H,4,6-8,17H2,1-3,5H3. The van der Waals surface area contributed by atoms with E-state index in [1.807, 2.05) is 0 Å². The Morgan fingerprint density at radius 1 is 0.769 bits per heavy atom. The molecule has 0 aliphatic carbocycles. The number of nitrogens with zero attached hydrogens (tertiary/aromatic N) is 2. The van der Waals surface area contributed by atoms with Crippen LogP contribution in [0.15, 0.2) is 60.7 Å². The zero-order chi connectivity index (χ0) is 19.1. The first-order valence-electron chi connectivity index (χ1n) is 9.39. The third-order valence-electron chi connectivity index (χ3n) is 4.75. The fourth-order valence-corrected chi connectivity index (χ4v) is 3.01. The Labute approximate surface area is 157 Å². The fourth-order valence-electron chi connectivity index (χ4n) is 3.01. The summed E-state index contributed by atoms with van der Waals surface area (Å²) in [6, 6.07) is 17.1. The number of carbonyl (C=O) groups is 1. The fraction of sp³-hybridized carbons (Fsp3) is 0.348. The van der Waals surface area contributed by atoms with E-state index in [2.05, 4.69) is 85.7 Å². The van der Waals surface area contributed by atoms with E-state index in [0.717, 1.165) is 25.3 Å². The maximum Gasteiger partial charge on any atom is 0.177 e. The van der Waals surface area contributed by atoms with Crippen LogP contribution >= 0.6 is 0 Å². The molecule has 0 heterocycles. The normalized spacial score (nSPS) is 10.5. The van der Waals surface area contributed by atoms with Gasteiger partial charge in [0.15, 0.2) is 5.78 Å². The van der Waals surface area contributed by atoms with Crippen LogP contribution < -0.4 is 9.80 Å². The van der Waals surface area contributed by atoms with Gasteiger partial charge in [-0.25, -0.2) is 0 Å². The Bertz CT molecular complexity index is 728. The summed E-state index contributed by atoms with van der Waals surface area (Å²) in [6.45, 7) is 15.1. The van der Waals surface area contributed by atoms with Crippen LogP contribution in [-0.4, -0.2) is 32.0 Å². The first-order valence-corrected chi connectivity index (χ1v) is 9.39. The summed E-state index contributed by atoms with van der Waals surface area (Å²) in [5, 5.41) is 0. The van der Waals surface area contributed by atoms with Gasteiger partial charge in [-0.1, -0.05) is 30.8 Å². The van der Waals surface area contributed by atoms with Crippen LogP contribution in [0.4, 0.5) is 11.4 Å². The molecule has 26 heavy (non-hydrogen) atoms. The second-order valence-electron chi connectivity index (χ2n) is 6.48. The number of carbonyl (C=O) groups excluding carboxylic acids is 1. The quantitative estimate of drug-likeness (QED) is 0.583. The number of hydrogen-bond donors (Lipinski definition) is 0. The van der Waals surface area contributed by atoms with Crippen molar-refractivity contribution in [3.63, 3.8) is 0 Å². The molecule has 0 atom stereocenters. The van der Waals surface area contributed by atoms with Gasteiger partial charge >= 0.3 is 0 Å². The van der Waals surface area contributed by atoms with Crippen molar-refractivity contribution in [2.45, 2.75) is 27.7 Å². The molecular formula is C23H30N2O. The molecule has 0 saturated carbocycles. The molecule has 0 spiro atoms. The van der Waals surface area contributed by atoms with Gasteiger partial charge < -0.3 is 9.80 Å². The third kappa shape index (κ3) is 4.75. The van der Waals surface area contributed by atoms with Crippen LogP contribution in [0, 0.1) is 0 Å². The molecule has 0 saturated heterocycles. The van der Waals surface area contributed by atoms with Crippen LogP contribution in [0.2, 0.25) is 0 Å². The van der Waals surface area contributed by atoms with Gasteiger partial charge in [0, 0.05) is 31.0 Å². The van der Waals surface area contributed by atoms with E-state index < -0.39 is 0 Å². The largest absolute Gasteiger partial charge is 0.372 e. The second-order valence-corrected chi connectivity index (χ2v) is 6.48. The molecule has 2 rings (SSSR count). The molecule has 0 radical (unpaired) electrons. The summed E-state index contributed by atoms with van der Waals surface area (Å²) in [6.07, 6.45) is 0. The molecule has 3 heteroatoms. The van der Waals surface area contributed by atoms with Crippen molar-refractivity contribution >= 4 is 17.2 Å². The Morgan fingerprint density at radius 2 is 1.15 bits per heavy atom. The smallest absolute Gasteiger partial charge is 0.177 e. The van der Waals surface area contributed by atoms with E-state index in [1.54, 1.807) is 6.92 Å². The van der Waals surface area contributed by atoms with Crippen LogP contribution in [0.1, 0.15) is 27.7 Å². The predicted octanol–water partition coefficient (Wildman–Crippen LogP) is 5.17. The lowest BCUT2D eigenvalue weighted by Crippen LogP contribution is -2.29. The van der Waals surface area contributed by atoms with Crippen LogP contribution in [0.3, 0.4) is 0 Å². The van der Waals surface area contributed by atoms with Gasteiger partial charge in [-0.15, -0.1) is 0 Å². The first-order chi connectivity index (χ1) is 12.5. The summed E-state index contributed by atoms with van der Waals surface area (Å²) >= 11 is 0. The van der Waals surface area contributed by atoms with Gasteiger partial charge in [-0.05, 0) is 68.7 Å². The number of hydrogen-bond acceptors (Lipinski definition) is 3. The predicted molar refractivity (Wildman–Crippen MR) is 113 cm³/mol. The summed E-state index contributed by atoms with van der Waals surface area (Å²) in [5.41, 5.74) is 5.31. The maximum absolute atomic E-state index is 12.0. The highest BCUT2D eigenvalue weighted by Crippen LogP contribution is 2.25. The van der Waals surface area contributed by atoms with Crippen molar-refractivity contribution in [2.75, 3.05) is 36.0 Å². The van der Waals surface area contributed by atoms with E-state index >= 15 is 0 Å². The van der Waals surface area contributed by atoms with E-state index in [4.69, 9.17) is 0 Å². The number of ketones is 1. The minimum absolute atomic E-state index is 0.0860. The molecule has 138 valence electrons. The molecule has 0 amide bonds. The van der Waals surface area contributed by atoms with Gasteiger partial charge in [0.2, 0.25) is 0 Å². The average molecular weight is 351 g/mol. The summed E-state index contributed by atoms with van der Waals surface area (Å²) in [5.74, 6) is 0.0860. The monoisotopic (exact) mass is 350 g/mol. The van der Waals surface area contributed by atoms with Gasteiger partial charge in [0.1, 0.15) is 0 Å². The van der Waals surface area contributed by atoms with E-state index in [1.165, 1.54) is 16.8 Å². The first kappa shape index (κ1) is 19.8. The molecule has 0 fully saturated rings. The number of Topliss-reactive ketones (excluding diaryl/α,β-unsaturated/α-hetero) is 1. The SMILES string of the molecule is C=C(C)C(=O)CN(CC)c1ccc(-c2ccc(N(CC)CC)cc2)cc1. The minimum atomic E-state index is 0.0860. The lowest BCUT2D eigenvalue weighted by Gasteiger charge is -2.23. The molecule has 0 N–H and O–H groups in total.